The fourth-order valence-corrected chi connectivity index (χ4v) is 2.56. The van der Waals surface area contributed by atoms with Gasteiger partial charge in [0.15, 0.2) is 5.13 Å². The highest BCUT2D eigenvalue weighted by Crippen LogP contribution is 2.20. The fourth-order valence-electron chi connectivity index (χ4n) is 0.995. The molecule has 4 nitrogen and oxygen atoms in total. The zero-order valence-corrected chi connectivity index (χ0v) is 11.3. The van der Waals surface area contributed by atoms with Crippen LogP contribution in [0.3, 0.4) is 0 Å². The van der Waals surface area contributed by atoms with Crippen LogP contribution in [0.5, 0.6) is 0 Å². The van der Waals surface area contributed by atoms with Crippen molar-refractivity contribution in [1.82, 2.24) is 4.98 Å². The second-order valence-corrected chi connectivity index (χ2v) is 6.38. The number of carbonyl (C=O) groups is 1. The van der Waals surface area contributed by atoms with E-state index in [0.29, 0.717) is 10.9 Å². The molecule has 0 aliphatic carbocycles. The van der Waals surface area contributed by atoms with Crippen LogP contribution in [0.15, 0.2) is 6.20 Å². The fraction of sp³-hybridized carbons (Fsp3) is 0.600. The van der Waals surface area contributed by atoms with E-state index in [-0.39, 0.29) is 5.97 Å². The maximum Gasteiger partial charge on any atom is 0.316 e. The van der Waals surface area contributed by atoms with Crippen molar-refractivity contribution in [2.75, 3.05) is 11.5 Å². The SMILES string of the molecule is CC(C)(C)OC(=O)CSCc1cnc(N)s1. The summed E-state index contributed by atoms with van der Waals surface area (Å²) in [7, 11) is 0. The molecule has 0 saturated carbocycles. The zero-order chi connectivity index (χ0) is 12.2. The highest BCUT2D eigenvalue weighted by atomic mass is 32.2. The van der Waals surface area contributed by atoms with Gasteiger partial charge in [-0.2, -0.15) is 0 Å². The summed E-state index contributed by atoms with van der Waals surface area (Å²) in [4.78, 5) is 16.4. The normalized spacial score (nSPS) is 11.4. The molecule has 0 aliphatic rings. The van der Waals surface area contributed by atoms with E-state index in [1.807, 2.05) is 20.8 Å². The number of nitrogens with two attached hydrogens (primary N) is 1. The summed E-state index contributed by atoms with van der Waals surface area (Å²) in [6.45, 7) is 5.58. The van der Waals surface area contributed by atoms with Gasteiger partial charge in [0.2, 0.25) is 0 Å². The van der Waals surface area contributed by atoms with Crippen LogP contribution in [-0.4, -0.2) is 22.3 Å². The van der Waals surface area contributed by atoms with Gasteiger partial charge in [-0.25, -0.2) is 4.98 Å². The molecule has 0 aromatic carbocycles. The molecule has 0 bridgehead atoms. The number of thiazole rings is 1. The smallest absolute Gasteiger partial charge is 0.316 e. The predicted octanol–water partition coefficient (Wildman–Crippen LogP) is 2.30. The molecule has 90 valence electrons. The van der Waals surface area contributed by atoms with E-state index in [1.165, 1.54) is 23.1 Å². The van der Waals surface area contributed by atoms with Crippen molar-refractivity contribution in [1.29, 1.82) is 0 Å². The first-order valence-electron chi connectivity index (χ1n) is 4.86. The number of nitrogens with zero attached hydrogens (tertiary/aromatic N) is 1. The Balaban J connectivity index is 2.23. The van der Waals surface area contributed by atoms with E-state index in [0.717, 1.165) is 10.6 Å². The van der Waals surface area contributed by atoms with Crippen LogP contribution in [0, 0.1) is 0 Å². The quantitative estimate of drug-likeness (QED) is 0.841. The third kappa shape index (κ3) is 5.37. The molecule has 1 heterocycles. The molecule has 16 heavy (non-hydrogen) atoms. The maximum atomic E-state index is 11.4. The van der Waals surface area contributed by atoms with E-state index in [2.05, 4.69) is 4.98 Å². The van der Waals surface area contributed by atoms with Gasteiger partial charge >= 0.3 is 5.97 Å². The third-order valence-electron chi connectivity index (χ3n) is 1.46. The lowest BCUT2D eigenvalue weighted by atomic mass is 10.2. The Hall–Kier alpha value is -0.750. The standard InChI is InChI=1S/C10H16N2O2S2/c1-10(2,3)14-8(13)6-15-5-7-4-12-9(11)16-7/h4H,5-6H2,1-3H3,(H2,11,12). The van der Waals surface area contributed by atoms with E-state index in [9.17, 15) is 4.79 Å². The molecule has 0 spiro atoms. The van der Waals surface area contributed by atoms with E-state index >= 15 is 0 Å². The van der Waals surface area contributed by atoms with Crippen molar-refractivity contribution in [2.45, 2.75) is 32.1 Å². The Kier molecular flexibility index (Phi) is 4.61. The molecule has 2 N–H and O–H groups in total. The van der Waals surface area contributed by atoms with Crippen molar-refractivity contribution < 1.29 is 9.53 Å². The summed E-state index contributed by atoms with van der Waals surface area (Å²) in [5, 5.41) is 0.563. The minimum absolute atomic E-state index is 0.185. The van der Waals surface area contributed by atoms with Gasteiger partial charge in [-0.05, 0) is 20.8 Å². The molecule has 0 radical (unpaired) electrons. The van der Waals surface area contributed by atoms with Gasteiger partial charge in [0.05, 0.1) is 5.75 Å². The molecule has 1 aromatic heterocycles. The minimum atomic E-state index is -0.410. The Morgan fingerprint density at radius 3 is 2.81 bits per heavy atom. The van der Waals surface area contributed by atoms with Crippen molar-refractivity contribution in [3.05, 3.63) is 11.1 Å². The first kappa shape index (κ1) is 13.3. The Labute approximate surface area is 104 Å². The summed E-state index contributed by atoms with van der Waals surface area (Å²) in [5.41, 5.74) is 5.09. The number of ether oxygens (including phenoxy) is 1. The van der Waals surface area contributed by atoms with Gasteiger partial charge in [0.1, 0.15) is 5.60 Å². The number of anilines is 1. The number of thioether (sulfide) groups is 1. The lowest BCUT2D eigenvalue weighted by Crippen LogP contribution is -2.24. The van der Waals surface area contributed by atoms with Gasteiger partial charge < -0.3 is 10.5 Å². The molecule has 1 rings (SSSR count). The van der Waals surface area contributed by atoms with Crippen LogP contribution in [0.4, 0.5) is 5.13 Å². The topological polar surface area (TPSA) is 65.2 Å². The summed E-state index contributed by atoms with van der Waals surface area (Å²) in [6, 6.07) is 0. The van der Waals surface area contributed by atoms with Crippen molar-refractivity contribution in [3.63, 3.8) is 0 Å². The van der Waals surface area contributed by atoms with Gasteiger partial charge in [-0.3, -0.25) is 4.79 Å². The number of rotatable bonds is 4. The van der Waals surface area contributed by atoms with Crippen molar-refractivity contribution >= 4 is 34.2 Å². The average molecular weight is 260 g/mol. The summed E-state index contributed by atoms with van der Waals surface area (Å²) in [5.74, 6) is 0.915. The summed E-state index contributed by atoms with van der Waals surface area (Å²) in [6.07, 6.45) is 1.74. The first-order chi connectivity index (χ1) is 7.37. The second-order valence-electron chi connectivity index (χ2n) is 4.24. The molecule has 0 fully saturated rings. The van der Waals surface area contributed by atoms with Crippen LogP contribution in [0.25, 0.3) is 0 Å². The Bertz CT molecular complexity index is 358. The summed E-state index contributed by atoms with van der Waals surface area (Å²) < 4.78 is 5.18. The second kappa shape index (κ2) is 5.54. The molecule has 0 atom stereocenters. The van der Waals surface area contributed by atoms with E-state index < -0.39 is 5.60 Å². The Morgan fingerprint density at radius 1 is 1.62 bits per heavy atom. The van der Waals surface area contributed by atoms with Gasteiger partial charge in [-0.15, -0.1) is 23.1 Å². The highest BCUT2D eigenvalue weighted by molar-refractivity contribution is 7.99. The molecule has 0 amide bonds. The van der Waals surface area contributed by atoms with Crippen LogP contribution in [-0.2, 0) is 15.3 Å². The lowest BCUT2D eigenvalue weighted by molar-refractivity contribution is -0.151. The molecule has 0 unspecified atom stereocenters. The van der Waals surface area contributed by atoms with Crippen molar-refractivity contribution in [3.8, 4) is 0 Å². The zero-order valence-electron chi connectivity index (χ0n) is 9.65. The number of hydrogen-bond acceptors (Lipinski definition) is 6. The van der Waals surface area contributed by atoms with Crippen LogP contribution < -0.4 is 5.73 Å². The van der Waals surface area contributed by atoms with Crippen LogP contribution >= 0.6 is 23.1 Å². The summed E-state index contributed by atoms with van der Waals surface area (Å²) >= 11 is 2.96. The largest absolute Gasteiger partial charge is 0.459 e. The Morgan fingerprint density at radius 2 is 2.31 bits per heavy atom. The van der Waals surface area contributed by atoms with Gasteiger partial charge in [-0.1, -0.05) is 0 Å². The number of esters is 1. The van der Waals surface area contributed by atoms with Crippen LogP contribution in [0.1, 0.15) is 25.6 Å². The lowest BCUT2D eigenvalue weighted by Gasteiger charge is -2.19. The molecular weight excluding hydrogens is 244 g/mol. The molecule has 6 heteroatoms. The number of hydrogen-bond donors (Lipinski definition) is 1. The van der Waals surface area contributed by atoms with E-state index in [4.69, 9.17) is 10.5 Å². The molecular formula is C10H16N2O2S2. The molecule has 1 aromatic rings. The van der Waals surface area contributed by atoms with Crippen LogP contribution in [0.2, 0.25) is 0 Å². The minimum Gasteiger partial charge on any atom is -0.459 e. The molecule has 0 aliphatic heterocycles. The number of nitrogen functional groups attached to an aromatic ring is 1. The van der Waals surface area contributed by atoms with Crippen molar-refractivity contribution in [2.24, 2.45) is 0 Å². The predicted molar refractivity (Wildman–Crippen MR) is 68.5 cm³/mol. The average Bonchev–Trinajstić information content (AvgIpc) is 2.48. The van der Waals surface area contributed by atoms with E-state index in [1.54, 1.807) is 6.20 Å². The molecule has 0 saturated heterocycles. The first-order valence-corrected chi connectivity index (χ1v) is 6.84. The highest BCUT2D eigenvalue weighted by Gasteiger charge is 2.15. The maximum absolute atomic E-state index is 11.4. The van der Waals surface area contributed by atoms with Gasteiger partial charge in [0.25, 0.3) is 0 Å². The number of aromatic nitrogens is 1. The third-order valence-corrected chi connectivity index (χ3v) is 3.42. The monoisotopic (exact) mass is 260 g/mol. The van der Waals surface area contributed by atoms with Gasteiger partial charge in [0, 0.05) is 16.8 Å². The number of carbonyl (C=O) groups excluding carboxylic acids is 1.